The van der Waals surface area contributed by atoms with Crippen molar-refractivity contribution in [3.63, 3.8) is 0 Å². The number of rotatable bonds is 5. The molecule has 4 nitrogen and oxygen atoms in total. The average Bonchev–Trinajstić information content (AvgIpc) is 2.40. The van der Waals surface area contributed by atoms with Crippen molar-refractivity contribution in [1.82, 2.24) is 14.7 Å². The van der Waals surface area contributed by atoms with Gasteiger partial charge < -0.3 is 14.9 Å². The van der Waals surface area contributed by atoms with Crippen molar-refractivity contribution < 1.29 is 5.11 Å². The molecule has 2 aliphatic rings. The molecule has 2 fully saturated rings. The number of likely N-dealkylation sites (N-methyl/N-ethyl adjacent to an activating group) is 1. The lowest BCUT2D eigenvalue weighted by Crippen LogP contribution is -2.47. The minimum atomic E-state index is 0.367. The summed E-state index contributed by atoms with van der Waals surface area (Å²) in [5.74, 6) is 0.773. The Balaban J connectivity index is 1.57. The van der Waals surface area contributed by atoms with Crippen LogP contribution in [0.4, 0.5) is 0 Å². The molecule has 0 aliphatic carbocycles. The Morgan fingerprint density at radius 3 is 2.00 bits per heavy atom. The lowest BCUT2D eigenvalue weighted by Gasteiger charge is -2.36. The number of hydrogen-bond acceptors (Lipinski definition) is 4. The number of piperazine rings is 1. The highest BCUT2D eigenvalue weighted by atomic mass is 16.3. The highest BCUT2D eigenvalue weighted by Crippen LogP contribution is 2.19. The van der Waals surface area contributed by atoms with Crippen molar-refractivity contribution in [2.45, 2.75) is 19.3 Å². The fraction of sp³-hybridized carbons (Fsp3) is 1.00. The predicted molar refractivity (Wildman–Crippen MR) is 74.8 cm³/mol. The minimum Gasteiger partial charge on any atom is -0.396 e. The molecule has 0 saturated carbocycles. The van der Waals surface area contributed by atoms with E-state index in [-0.39, 0.29) is 0 Å². The fourth-order valence-corrected chi connectivity index (χ4v) is 3.04. The molecular formula is C14H29N3O. The summed E-state index contributed by atoms with van der Waals surface area (Å²) >= 11 is 0. The first kappa shape index (κ1) is 14.3. The van der Waals surface area contributed by atoms with Crippen LogP contribution < -0.4 is 0 Å². The summed E-state index contributed by atoms with van der Waals surface area (Å²) in [5.41, 5.74) is 0. The molecular weight excluding hydrogens is 226 g/mol. The van der Waals surface area contributed by atoms with E-state index in [1.165, 1.54) is 65.2 Å². The van der Waals surface area contributed by atoms with Crippen molar-refractivity contribution in [1.29, 1.82) is 0 Å². The average molecular weight is 255 g/mol. The van der Waals surface area contributed by atoms with Gasteiger partial charge in [0, 0.05) is 45.9 Å². The number of likely N-dealkylation sites (tertiary alicyclic amines) is 1. The largest absolute Gasteiger partial charge is 0.396 e. The van der Waals surface area contributed by atoms with E-state index in [1.807, 2.05) is 0 Å². The Hall–Kier alpha value is -0.160. The van der Waals surface area contributed by atoms with Crippen LogP contribution in [0.5, 0.6) is 0 Å². The van der Waals surface area contributed by atoms with Crippen LogP contribution in [0.15, 0.2) is 0 Å². The monoisotopic (exact) mass is 255 g/mol. The maximum absolute atomic E-state index is 8.96. The number of aliphatic hydroxyl groups is 1. The molecule has 106 valence electrons. The zero-order valence-corrected chi connectivity index (χ0v) is 11.9. The molecule has 0 amide bonds. The van der Waals surface area contributed by atoms with Gasteiger partial charge in [-0.25, -0.2) is 0 Å². The number of hydrogen-bond donors (Lipinski definition) is 1. The molecule has 0 aromatic carbocycles. The van der Waals surface area contributed by atoms with Crippen molar-refractivity contribution >= 4 is 0 Å². The molecule has 2 rings (SSSR count). The van der Waals surface area contributed by atoms with Crippen molar-refractivity contribution in [3.8, 4) is 0 Å². The van der Waals surface area contributed by atoms with Gasteiger partial charge in [-0.15, -0.1) is 0 Å². The molecule has 0 radical (unpaired) electrons. The van der Waals surface area contributed by atoms with E-state index < -0.39 is 0 Å². The van der Waals surface area contributed by atoms with Crippen LogP contribution >= 0.6 is 0 Å². The molecule has 4 heteroatoms. The Bertz CT molecular complexity index is 221. The van der Waals surface area contributed by atoms with Gasteiger partial charge in [-0.2, -0.15) is 0 Å². The summed E-state index contributed by atoms with van der Waals surface area (Å²) in [7, 11) is 2.21. The van der Waals surface area contributed by atoms with Gasteiger partial charge in [0.05, 0.1) is 0 Å². The van der Waals surface area contributed by atoms with Crippen molar-refractivity contribution in [3.05, 3.63) is 0 Å². The summed E-state index contributed by atoms with van der Waals surface area (Å²) in [6.45, 7) is 10.2. The third-order valence-electron chi connectivity index (χ3n) is 4.57. The molecule has 0 unspecified atom stereocenters. The molecule has 0 aromatic heterocycles. The number of piperidine rings is 1. The van der Waals surface area contributed by atoms with Crippen LogP contribution in [0.3, 0.4) is 0 Å². The molecule has 0 atom stereocenters. The van der Waals surface area contributed by atoms with Gasteiger partial charge in [0.25, 0.3) is 0 Å². The quantitative estimate of drug-likeness (QED) is 0.767. The van der Waals surface area contributed by atoms with Crippen LogP contribution in [0.1, 0.15) is 19.3 Å². The van der Waals surface area contributed by atoms with Gasteiger partial charge in [-0.3, -0.25) is 4.90 Å². The topological polar surface area (TPSA) is 30.0 Å². The van der Waals surface area contributed by atoms with Crippen LogP contribution in [0.25, 0.3) is 0 Å². The lowest BCUT2D eigenvalue weighted by molar-refractivity contribution is 0.114. The smallest absolute Gasteiger partial charge is 0.0433 e. The second-order valence-corrected chi connectivity index (χ2v) is 5.94. The second-order valence-electron chi connectivity index (χ2n) is 5.94. The van der Waals surface area contributed by atoms with Gasteiger partial charge in [0.1, 0.15) is 0 Å². The van der Waals surface area contributed by atoms with E-state index in [9.17, 15) is 0 Å². The van der Waals surface area contributed by atoms with E-state index >= 15 is 0 Å². The van der Waals surface area contributed by atoms with Crippen molar-refractivity contribution in [2.75, 3.05) is 66.0 Å². The van der Waals surface area contributed by atoms with E-state index in [1.54, 1.807) is 0 Å². The van der Waals surface area contributed by atoms with Gasteiger partial charge in [-0.05, 0) is 45.3 Å². The Morgan fingerprint density at radius 2 is 1.44 bits per heavy atom. The standard InChI is InChI=1S/C14H29N3O/c1-15-7-9-17(10-8-15)12-11-16-5-2-14(3-6-16)4-13-18/h14,18H,2-13H2,1H3. The molecule has 18 heavy (non-hydrogen) atoms. The first-order valence-electron chi connectivity index (χ1n) is 7.52. The third-order valence-corrected chi connectivity index (χ3v) is 4.57. The third kappa shape index (κ3) is 4.50. The summed E-state index contributed by atoms with van der Waals surface area (Å²) in [4.78, 5) is 7.61. The zero-order chi connectivity index (χ0) is 12.8. The van der Waals surface area contributed by atoms with E-state index in [0.29, 0.717) is 6.61 Å². The van der Waals surface area contributed by atoms with E-state index in [2.05, 4.69) is 21.7 Å². The van der Waals surface area contributed by atoms with E-state index in [0.717, 1.165) is 12.3 Å². The van der Waals surface area contributed by atoms with E-state index in [4.69, 9.17) is 5.11 Å². The zero-order valence-electron chi connectivity index (χ0n) is 11.9. The number of aliphatic hydroxyl groups excluding tert-OH is 1. The number of nitrogens with zero attached hydrogens (tertiary/aromatic N) is 3. The fourth-order valence-electron chi connectivity index (χ4n) is 3.04. The van der Waals surface area contributed by atoms with Crippen LogP contribution in [-0.2, 0) is 0 Å². The maximum atomic E-state index is 8.96. The minimum absolute atomic E-state index is 0.367. The first-order chi connectivity index (χ1) is 8.78. The highest BCUT2D eigenvalue weighted by molar-refractivity contribution is 4.75. The summed E-state index contributed by atoms with van der Waals surface area (Å²) in [5, 5.41) is 8.96. The van der Waals surface area contributed by atoms with Crippen LogP contribution in [0, 0.1) is 5.92 Å². The normalized spacial score (nSPS) is 25.7. The van der Waals surface area contributed by atoms with Gasteiger partial charge in [-0.1, -0.05) is 0 Å². The molecule has 2 saturated heterocycles. The Labute approximate surface area is 112 Å². The SMILES string of the molecule is CN1CCN(CCN2CCC(CCO)CC2)CC1. The summed E-state index contributed by atoms with van der Waals surface area (Å²) in [6.07, 6.45) is 3.57. The second kappa shape index (κ2) is 7.43. The molecule has 0 spiro atoms. The van der Waals surface area contributed by atoms with Gasteiger partial charge in [0.15, 0.2) is 0 Å². The maximum Gasteiger partial charge on any atom is 0.0433 e. The van der Waals surface area contributed by atoms with Gasteiger partial charge >= 0.3 is 0 Å². The molecule has 0 aromatic rings. The van der Waals surface area contributed by atoms with Gasteiger partial charge in [0.2, 0.25) is 0 Å². The lowest BCUT2D eigenvalue weighted by atomic mass is 9.94. The van der Waals surface area contributed by atoms with Crippen LogP contribution in [0.2, 0.25) is 0 Å². The molecule has 2 heterocycles. The molecule has 0 bridgehead atoms. The molecule has 2 aliphatic heterocycles. The Kier molecular flexibility index (Phi) is 5.89. The van der Waals surface area contributed by atoms with Crippen LogP contribution in [-0.4, -0.2) is 85.8 Å². The molecule has 1 N–H and O–H groups in total. The summed E-state index contributed by atoms with van der Waals surface area (Å²) < 4.78 is 0. The predicted octanol–water partition coefficient (Wildman–Crippen LogP) is 0.328. The Morgan fingerprint density at radius 1 is 0.889 bits per heavy atom. The summed E-state index contributed by atoms with van der Waals surface area (Å²) in [6, 6.07) is 0. The highest BCUT2D eigenvalue weighted by Gasteiger charge is 2.20. The van der Waals surface area contributed by atoms with Crippen molar-refractivity contribution in [2.24, 2.45) is 5.92 Å². The first-order valence-corrected chi connectivity index (χ1v) is 7.52.